The highest BCUT2D eigenvalue weighted by atomic mass is 19.4. The third kappa shape index (κ3) is 4.97. The van der Waals surface area contributed by atoms with E-state index in [1.165, 1.54) is 0 Å². The standard InChI is InChI=1S/C19H13BF3N5O3/c21-19(22,23)15-8-13(20(30)31)7-6-12(15)10-25-28-18-26-16(11-4-2-1-3-5-11)14(9-24)17(29)27-18/h1-8,10,30-31H,(H2,26,27,28,29). The molecule has 0 amide bonds. The summed E-state index contributed by atoms with van der Waals surface area (Å²) in [7, 11) is -2.06. The fraction of sp³-hybridized carbons (Fsp3) is 0.0526. The second-order valence-electron chi connectivity index (χ2n) is 6.20. The third-order valence-electron chi connectivity index (χ3n) is 4.13. The lowest BCUT2D eigenvalue weighted by Gasteiger charge is -2.12. The maximum Gasteiger partial charge on any atom is 0.488 e. The number of nitrogens with one attached hydrogen (secondary N) is 2. The largest absolute Gasteiger partial charge is 0.488 e. The van der Waals surface area contributed by atoms with Gasteiger partial charge in [0, 0.05) is 11.1 Å². The highest BCUT2D eigenvalue weighted by molar-refractivity contribution is 6.58. The Morgan fingerprint density at radius 3 is 2.52 bits per heavy atom. The van der Waals surface area contributed by atoms with Gasteiger partial charge in [-0.2, -0.15) is 23.5 Å². The molecular weight excluding hydrogens is 414 g/mol. The van der Waals surface area contributed by atoms with Crippen LogP contribution < -0.4 is 16.4 Å². The Hall–Kier alpha value is -3.95. The molecule has 2 aromatic carbocycles. The summed E-state index contributed by atoms with van der Waals surface area (Å²) in [5, 5.41) is 31.1. The second kappa shape index (κ2) is 8.82. The van der Waals surface area contributed by atoms with Crippen LogP contribution in [-0.2, 0) is 6.18 Å². The smallest absolute Gasteiger partial charge is 0.423 e. The molecule has 0 aliphatic rings. The van der Waals surface area contributed by atoms with Crippen LogP contribution in [0.15, 0.2) is 58.4 Å². The predicted molar refractivity (Wildman–Crippen MR) is 107 cm³/mol. The van der Waals surface area contributed by atoms with Gasteiger partial charge in [0.2, 0.25) is 5.95 Å². The summed E-state index contributed by atoms with van der Waals surface area (Å²) in [6.07, 6.45) is -3.93. The average molecular weight is 427 g/mol. The number of hydrogen-bond donors (Lipinski definition) is 4. The first-order valence-electron chi connectivity index (χ1n) is 8.67. The molecular formula is C19H13BF3N5O3. The van der Waals surface area contributed by atoms with Gasteiger partial charge in [0.25, 0.3) is 5.56 Å². The molecule has 1 aromatic heterocycles. The molecule has 12 heteroatoms. The van der Waals surface area contributed by atoms with E-state index >= 15 is 0 Å². The van der Waals surface area contributed by atoms with Crippen LogP contribution in [0.5, 0.6) is 0 Å². The van der Waals surface area contributed by atoms with Crippen molar-refractivity contribution in [1.29, 1.82) is 5.26 Å². The molecule has 1 heterocycles. The van der Waals surface area contributed by atoms with Crippen molar-refractivity contribution >= 4 is 24.7 Å². The Bertz CT molecular complexity index is 1220. The number of hydrazone groups is 1. The van der Waals surface area contributed by atoms with Crippen molar-refractivity contribution in [3.63, 3.8) is 0 Å². The van der Waals surface area contributed by atoms with E-state index in [1.807, 2.05) is 0 Å². The lowest BCUT2D eigenvalue weighted by Crippen LogP contribution is -2.31. The van der Waals surface area contributed by atoms with Gasteiger partial charge >= 0.3 is 13.3 Å². The van der Waals surface area contributed by atoms with Crippen LogP contribution in [0.3, 0.4) is 0 Å². The number of rotatable bonds is 5. The van der Waals surface area contributed by atoms with Crippen molar-refractivity contribution in [3.8, 4) is 17.3 Å². The third-order valence-corrected chi connectivity index (χ3v) is 4.13. The second-order valence-corrected chi connectivity index (χ2v) is 6.20. The Labute approximate surface area is 173 Å². The molecule has 8 nitrogen and oxygen atoms in total. The first-order chi connectivity index (χ1) is 14.7. The fourth-order valence-corrected chi connectivity index (χ4v) is 2.69. The first-order valence-corrected chi connectivity index (χ1v) is 8.67. The van der Waals surface area contributed by atoms with Gasteiger partial charge < -0.3 is 10.0 Å². The fourth-order valence-electron chi connectivity index (χ4n) is 2.69. The molecule has 0 spiro atoms. The van der Waals surface area contributed by atoms with Gasteiger partial charge in [-0.05, 0) is 11.5 Å². The molecule has 3 aromatic rings. The van der Waals surface area contributed by atoms with Crippen LogP contribution in [-0.4, -0.2) is 33.3 Å². The van der Waals surface area contributed by atoms with Gasteiger partial charge in [-0.15, -0.1) is 0 Å². The zero-order chi connectivity index (χ0) is 22.6. The summed E-state index contributed by atoms with van der Waals surface area (Å²) in [4.78, 5) is 18.6. The summed E-state index contributed by atoms with van der Waals surface area (Å²) >= 11 is 0. The van der Waals surface area contributed by atoms with Crippen LogP contribution in [0.1, 0.15) is 16.7 Å². The molecule has 0 aliphatic heterocycles. The number of aromatic amines is 1. The minimum Gasteiger partial charge on any atom is -0.423 e. The Kier molecular flexibility index (Phi) is 6.19. The number of nitrogens with zero attached hydrogens (tertiary/aromatic N) is 3. The lowest BCUT2D eigenvalue weighted by molar-refractivity contribution is -0.137. The number of halogens is 3. The topological polar surface area (TPSA) is 134 Å². The van der Waals surface area contributed by atoms with E-state index < -0.39 is 24.4 Å². The summed E-state index contributed by atoms with van der Waals surface area (Å²) in [6, 6.07) is 12.9. The van der Waals surface area contributed by atoms with E-state index in [9.17, 15) is 23.2 Å². The van der Waals surface area contributed by atoms with Crippen molar-refractivity contribution in [2.24, 2.45) is 5.10 Å². The molecule has 156 valence electrons. The van der Waals surface area contributed by atoms with E-state index in [0.29, 0.717) is 11.6 Å². The number of aromatic nitrogens is 2. The Balaban J connectivity index is 1.94. The van der Waals surface area contributed by atoms with Gasteiger partial charge in [-0.25, -0.2) is 10.4 Å². The average Bonchev–Trinajstić information content (AvgIpc) is 2.73. The van der Waals surface area contributed by atoms with E-state index in [4.69, 9.17) is 10.0 Å². The Morgan fingerprint density at radius 1 is 1.19 bits per heavy atom. The monoisotopic (exact) mass is 427 g/mol. The number of hydrogen-bond acceptors (Lipinski definition) is 7. The molecule has 0 fully saturated rings. The molecule has 31 heavy (non-hydrogen) atoms. The van der Waals surface area contributed by atoms with Crippen LogP contribution in [0.2, 0.25) is 0 Å². The predicted octanol–water partition coefficient (Wildman–Crippen LogP) is 1.45. The van der Waals surface area contributed by atoms with Crippen molar-refractivity contribution in [1.82, 2.24) is 9.97 Å². The van der Waals surface area contributed by atoms with Crippen molar-refractivity contribution in [2.75, 3.05) is 5.43 Å². The molecule has 0 atom stereocenters. The quantitative estimate of drug-likeness (QED) is 0.277. The van der Waals surface area contributed by atoms with Gasteiger partial charge in [-0.1, -0.05) is 42.5 Å². The first kappa shape index (κ1) is 21.8. The number of nitriles is 1. The van der Waals surface area contributed by atoms with E-state index in [1.54, 1.807) is 36.4 Å². The highest BCUT2D eigenvalue weighted by Crippen LogP contribution is 2.30. The van der Waals surface area contributed by atoms with Crippen LogP contribution in [0.25, 0.3) is 11.3 Å². The normalized spacial score (nSPS) is 11.4. The van der Waals surface area contributed by atoms with Crippen molar-refractivity contribution < 1.29 is 23.2 Å². The number of H-pyrrole nitrogens is 1. The molecule has 3 rings (SSSR count). The number of anilines is 1. The minimum absolute atomic E-state index is 0.0850. The SMILES string of the molecule is N#Cc1c(-c2ccccc2)nc(NN=Cc2ccc(B(O)O)cc2C(F)(F)F)[nH]c1=O. The van der Waals surface area contributed by atoms with Crippen molar-refractivity contribution in [2.45, 2.75) is 6.18 Å². The van der Waals surface area contributed by atoms with Crippen LogP contribution >= 0.6 is 0 Å². The molecule has 4 N–H and O–H groups in total. The molecule has 0 saturated carbocycles. The maximum absolute atomic E-state index is 13.3. The number of alkyl halides is 3. The van der Waals surface area contributed by atoms with E-state index in [2.05, 4.69) is 20.5 Å². The lowest BCUT2D eigenvalue weighted by atomic mass is 9.79. The summed E-state index contributed by atoms with van der Waals surface area (Å²) < 4.78 is 39.8. The van der Waals surface area contributed by atoms with Crippen molar-refractivity contribution in [3.05, 3.63) is 75.6 Å². The highest BCUT2D eigenvalue weighted by Gasteiger charge is 2.34. The molecule has 0 unspecified atom stereocenters. The summed E-state index contributed by atoms with van der Waals surface area (Å²) in [5.74, 6) is -0.185. The van der Waals surface area contributed by atoms with Gasteiger partial charge in [0.1, 0.15) is 11.6 Å². The molecule has 0 aliphatic carbocycles. The molecule has 0 bridgehead atoms. The Morgan fingerprint density at radius 2 is 1.90 bits per heavy atom. The van der Waals surface area contributed by atoms with Gasteiger partial charge in [-0.3, -0.25) is 9.78 Å². The van der Waals surface area contributed by atoms with Gasteiger partial charge in [0.05, 0.1) is 17.5 Å². The van der Waals surface area contributed by atoms with Crippen LogP contribution in [0, 0.1) is 11.3 Å². The zero-order valence-electron chi connectivity index (χ0n) is 15.6. The molecule has 0 radical (unpaired) electrons. The number of benzene rings is 2. The summed E-state index contributed by atoms with van der Waals surface area (Å²) in [5.41, 5.74) is 0.133. The van der Waals surface area contributed by atoms with E-state index in [0.717, 1.165) is 18.3 Å². The van der Waals surface area contributed by atoms with E-state index in [-0.39, 0.29) is 28.2 Å². The minimum atomic E-state index is -4.77. The summed E-state index contributed by atoms with van der Waals surface area (Å²) in [6.45, 7) is 0. The zero-order valence-corrected chi connectivity index (χ0v) is 15.6. The van der Waals surface area contributed by atoms with Crippen LogP contribution in [0.4, 0.5) is 19.1 Å². The van der Waals surface area contributed by atoms with Gasteiger partial charge in [0.15, 0.2) is 0 Å². The maximum atomic E-state index is 13.3. The molecule has 0 saturated heterocycles.